The Morgan fingerprint density at radius 2 is 1.95 bits per heavy atom. The summed E-state index contributed by atoms with van der Waals surface area (Å²) < 4.78 is 5.79. The van der Waals surface area contributed by atoms with E-state index in [1.54, 1.807) is 0 Å². The van der Waals surface area contributed by atoms with Crippen molar-refractivity contribution in [1.29, 1.82) is 0 Å². The standard InChI is InChI=1S/C18H26N2O2/c1-4-6-12-20-14-13-19(3)18(20)22-17(21)16(5-2)15-10-8-7-9-11-15/h7-11,13-14,16,18H,4-6,12H2,1-3H3. The van der Waals surface area contributed by atoms with Gasteiger partial charge < -0.3 is 14.5 Å². The Balaban J connectivity index is 2.03. The van der Waals surface area contributed by atoms with Gasteiger partial charge in [0.1, 0.15) is 0 Å². The van der Waals surface area contributed by atoms with Crippen LogP contribution in [0.1, 0.15) is 44.6 Å². The smallest absolute Gasteiger partial charge is 0.316 e. The maximum atomic E-state index is 12.6. The first-order valence-corrected chi connectivity index (χ1v) is 8.08. The van der Waals surface area contributed by atoms with Crippen LogP contribution in [0.4, 0.5) is 0 Å². The van der Waals surface area contributed by atoms with Crippen LogP contribution in [-0.2, 0) is 9.53 Å². The Labute approximate surface area is 133 Å². The van der Waals surface area contributed by atoms with Gasteiger partial charge in [0.25, 0.3) is 6.35 Å². The van der Waals surface area contributed by atoms with Crippen LogP contribution < -0.4 is 0 Å². The van der Waals surface area contributed by atoms with Gasteiger partial charge >= 0.3 is 5.97 Å². The van der Waals surface area contributed by atoms with Crippen LogP contribution in [0.25, 0.3) is 0 Å². The molecule has 0 saturated heterocycles. The number of carbonyl (C=O) groups excluding carboxylic acids is 1. The van der Waals surface area contributed by atoms with Crippen LogP contribution in [0.2, 0.25) is 0 Å². The number of esters is 1. The van der Waals surface area contributed by atoms with E-state index in [4.69, 9.17) is 4.74 Å². The maximum absolute atomic E-state index is 12.6. The molecular weight excluding hydrogens is 276 g/mol. The molecule has 1 aliphatic heterocycles. The molecule has 0 aliphatic carbocycles. The van der Waals surface area contributed by atoms with E-state index in [-0.39, 0.29) is 18.2 Å². The summed E-state index contributed by atoms with van der Waals surface area (Å²) in [4.78, 5) is 16.6. The fourth-order valence-electron chi connectivity index (χ4n) is 2.66. The van der Waals surface area contributed by atoms with Crippen LogP contribution in [0.15, 0.2) is 42.7 Å². The third-order valence-electron chi connectivity index (χ3n) is 4.01. The molecule has 1 aromatic carbocycles. The minimum absolute atomic E-state index is 0.157. The van der Waals surface area contributed by atoms with Crippen molar-refractivity contribution in [1.82, 2.24) is 9.80 Å². The van der Waals surface area contributed by atoms with Gasteiger partial charge in [-0.25, -0.2) is 0 Å². The maximum Gasteiger partial charge on any atom is 0.316 e. The highest BCUT2D eigenvalue weighted by molar-refractivity contribution is 5.78. The normalized spacial score (nSPS) is 18.6. The van der Waals surface area contributed by atoms with E-state index < -0.39 is 0 Å². The van der Waals surface area contributed by atoms with E-state index in [0.29, 0.717) is 0 Å². The van der Waals surface area contributed by atoms with Crippen LogP contribution in [0.5, 0.6) is 0 Å². The quantitative estimate of drug-likeness (QED) is 0.721. The Morgan fingerprint density at radius 3 is 2.59 bits per heavy atom. The van der Waals surface area contributed by atoms with Gasteiger partial charge in [0.05, 0.1) is 5.92 Å². The van der Waals surface area contributed by atoms with Crippen molar-refractivity contribution in [3.63, 3.8) is 0 Å². The molecule has 4 nitrogen and oxygen atoms in total. The first kappa shape index (κ1) is 16.4. The van der Waals surface area contributed by atoms with Gasteiger partial charge in [-0.15, -0.1) is 0 Å². The molecule has 0 aromatic heterocycles. The van der Waals surface area contributed by atoms with E-state index in [0.717, 1.165) is 31.4 Å². The molecule has 0 saturated carbocycles. The van der Waals surface area contributed by atoms with Crippen molar-refractivity contribution in [3.8, 4) is 0 Å². The minimum Gasteiger partial charge on any atom is -0.422 e. The lowest BCUT2D eigenvalue weighted by atomic mass is 9.97. The zero-order valence-corrected chi connectivity index (χ0v) is 13.7. The molecule has 4 heteroatoms. The third kappa shape index (κ3) is 3.81. The molecule has 2 rings (SSSR count). The molecule has 0 bridgehead atoms. The van der Waals surface area contributed by atoms with Crippen LogP contribution in [0.3, 0.4) is 0 Å². The van der Waals surface area contributed by atoms with Gasteiger partial charge in [-0.2, -0.15) is 0 Å². The lowest BCUT2D eigenvalue weighted by Gasteiger charge is -2.30. The summed E-state index contributed by atoms with van der Waals surface area (Å²) >= 11 is 0. The van der Waals surface area contributed by atoms with E-state index in [1.165, 1.54) is 0 Å². The average molecular weight is 302 g/mol. The number of hydrogen-bond acceptors (Lipinski definition) is 4. The summed E-state index contributed by atoms with van der Waals surface area (Å²) in [5.41, 5.74) is 1.02. The molecule has 2 atom stereocenters. The third-order valence-corrected chi connectivity index (χ3v) is 4.01. The largest absolute Gasteiger partial charge is 0.422 e. The van der Waals surface area contributed by atoms with E-state index in [2.05, 4.69) is 11.8 Å². The van der Waals surface area contributed by atoms with E-state index >= 15 is 0 Å². The van der Waals surface area contributed by atoms with Crippen molar-refractivity contribution in [2.45, 2.75) is 45.4 Å². The number of unbranched alkanes of at least 4 members (excludes halogenated alkanes) is 1. The molecule has 0 radical (unpaired) electrons. The number of rotatable bonds is 7. The van der Waals surface area contributed by atoms with Crippen LogP contribution in [0, 0.1) is 0 Å². The molecule has 1 heterocycles. The molecule has 2 unspecified atom stereocenters. The van der Waals surface area contributed by atoms with Gasteiger partial charge in [0, 0.05) is 26.0 Å². The highest BCUT2D eigenvalue weighted by atomic mass is 16.6. The fourth-order valence-corrected chi connectivity index (χ4v) is 2.66. The van der Waals surface area contributed by atoms with Crippen molar-refractivity contribution < 1.29 is 9.53 Å². The number of nitrogens with zero attached hydrogens (tertiary/aromatic N) is 2. The molecule has 22 heavy (non-hydrogen) atoms. The Hall–Kier alpha value is -1.97. The second kappa shape index (κ2) is 7.87. The lowest BCUT2D eigenvalue weighted by molar-refractivity contribution is -0.169. The van der Waals surface area contributed by atoms with Crippen molar-refractivity contribution in [2.24, 2.45) is 0 Å². The molecule has 0 N–H and O–H groups in total. The summed E-state index contributed by atoms with van der Waals surface area (Å²) in [6, 6.07) is 9.86. The summed E-state index contributed by atoms with van der Waals surface area (Å²) in [5, 5.41) is 0. The molecule has 120 valence electrons. The van der Waals surface area contributed by atoms with Gasteiger partial charge in [-0.05, 0) is 18.4 Å². The Morgan fingerprint density at radius 1 is 1.23 bits per heavy atom. The van der Waals surface area contributed by atoms with Crippen LogP contribution in [-0.4, -0.2) is 35.7 Å². The zero-order valence-electron chi connectivity index (χ0n) is 13.7. The molecular formula is C18H26N2O2. The summed E-state index contributed by atoms with van der Waals surface area (Å²) in [7, 11) is 1.93. The molecule has 0 fully saturated rings. The second-order valence-electron chi connectivity index (χ2n) is 5.69. The molecule has 0 amide bonds. The number of hydrogen-bond donors (Lipinski definition) is 0. The number of benzene rings is 1. The van der Waals surface area contributed by atoms with Gasteiger partial charge in [-0.1, -0.05) is 50.6 Å². The predicted molar refractivity (Wildman–Crippen MR) is 87.9 cm³/mol. The average Bonchev–Trinajstić information content (AvgIpc) is 2.87. The fraction of sp³-hybridized carbons (Fsp3) is 0.500. The molecule has 1 aromatic rings. The first-order chi connectivity index (χ1) is 10.7. The predicted octanol–water partition coefficient (Wildman–Crippen LogP) is 3.53. The number of carbonyl (C=O) groups is 1. The van der Waals surface area contributed by atoms with Gasteiger partial charge in [0.2, 0.25) is 0 Å². The molecule has 0 spiro atoms. The minimum atomic E-state index is -0.322. The number of ether oxygens (including phenoxy) is 1. The zero-order chi connectivity index (χ0) is 15.9. The topological polar surface area (TPSA) is 32.8 Å². The van der Waals surface area contributed by atoms with Gasteiger partial charge in [-0.3, -0.25) is 4.79 Å². The van der Waals surface area contributed by atoms with Gasteiger partial charge in [0.15, 0.2) is 0 Å². The van der Waals surface area contributed by atoms with E-state index in [1.807, 2.05) is 61.6 Å². The molecule has 1 aliphatic rings. The highest BCUT2D eigenvalue weighted by Gasteiger charge is 2.30. The summed E-state index contributed by atoms with van der Waals surface area (Å²) in [6.07, 6.45) is 6.57. The van der Waals surface area contributed by atoms with Crippen LogP contribution >= 0.6 is 0 Å². The SMILES string of the molecule is CCCCN1C=CN(C)C1OC(=O)C(CC)c1ccccc1. The van der Waals surface area contributed by atoms with Crippen molar-refractivity contribution in [3.05, 3.63) is 48.3 Å². The van der Waals surface area contributed by atoms with Crippen molar-refractivity contribution in [2.75, 3.05) is 13.6 Å². The Kier molecular flexibility index (Phi) is 5.87. The second-order valence-corrected chi connectivity index (χ2v) is 5.69. The lowest BCUT2D eigenvalue weighted by Crippen LogP contribution is -2.41. The van der Waals surface area contributed by atoms with E-state index in [9.17, 15) is 4.79 Å². The first-order valence-electron chi connectivity index (χ1n) is 8.08. The summed E-state index contributed by atoms with van der Waals surface area (Å²) in [5.74, 6) is -0.362. The monoisotopic (exact) mass is 302 g/mol. The summed E-state index contributed by atoms with van der Waals surface area (Å²) in [6.45, 7) is 5.08. The highest BCUT2D eigenvalue weighted by Crippen LogP contribution is 2.24. The van der Waals surface area contributed by atoms with Crippen molar-refractivity contribution >= 4 is 5.97 Å². The Bertz CT molecular complexity index is 501.